The average Bonchev–Trinajstić information content (AvgIpc) is 3.40. The van der Waals surface area contributed by atoms with Gasteiger partial charge in [0.05, 0.1) is 43.9 Å². The number of rotatable bonds is 10. The number of nitrogens with zero attached hydrogens (tertiary/aromatic N) is 6. The van der Waals surface area contributed by atoms with Crippen LogP contribution in [0.15, 0.2) is 75.0 Å². The minimum Gasteiger partial charge on any atom is -0.494 e. The van der Waals surface area contributed by atoms with E-state index in [2.05, 4.69) is 27.0 Å². The predicted octanol–water partition coefficient (Wildman–Crippen LogP) is 3.43. The Kier molecular flexibility index (Phi) is 7.67. The number of methoxy groups -OCH3 is 1. The summed E-state index contributed by atoms with van der Waals surface area (Å²) in [4.78, 5) is 45.8. The maximum atomic E-state index is 13.3. The third kappa shape index (κ3) is 5.98. The van der Waals surface area contributed by atoms with Crippen molar-refractivity contribution in [2.45, 2.75) is 39.2 Å². The lowest BCUT2D eigenvalue weighted by Gasteiger charge is -2.14. The molecule has 0 radical (unpaired) electrons. The van der Waals surface area contributed by atoms with Gasteiger partial charge in [-0.1, -0.05) is 48.8 Å². The second-order valence-corrected chi connectivity index (χ2v) is 8.91. The van der Waals surface area contributed by atoms with Crippen molar-refractivity contribution < 1.29 is 9.26 Å². The zero-order valence-corrected chi connectivity index (χ0v) is 21.6. The van der Waals surface area contributed by atoms with Crippen LogP contribution in [0.25, 0.3) is 22.6 Å². The summed E-state index contributed by atoms with van der Waals surface area (Å²) in [5.74, 6) is 1.32. The lowest BCUT2D eigenvalue weighted by atomic mass is 10.0. The molecule has 1 aromatic carbocycles. The van der Waals surface area contributed by atoms with E-state index in [1.54, 1.807) is 30.1 Å². The van der Waals surface area contributed by atoms with Gasteiger partial charge in [0.15, 0.2) is 11.6 Å². The number of H-pyrrole nitrogens is 1. The van der Waals surface area contributed by atoms with E-state index >= 15 is 0 Å². The van der Waals surface area contributed by atoms with Crippen molar-refractivity contribution in [3.8, 4) is 28.4 Å². The second kappa shape index (κ2) is 11.6. The highest BCUT2D eigenvalue weighted by Gasteiger charge is 2.15. The molecule has 11 nitrogen and oxygen atoms in total. The van der Waals surface area contributed by atoms with Crippen LogP contribution >= 0.6 is 0 Å². The predicted molar refractivity (Wildman–Crippen MR) is 143 cm³/mol. The van der Waals surface area contributed by atoms with Crippen LogP contribution in [0.5, 0.6) is 5.75 Å². The molecule has 1 N–H and O–H groups in total. The van der Waals surface area contributed by atoms with E-state index in [1.807, 2.05) is 42.5 Å². The zero-order valence-electron chi connectivity index (χ0n) is 21.6. The molecule has 0 spiro atoms. The highest BCUT2D eigenvalue weighted by molar-refractivity contribution is 5.78. The van der Waals surface area contributed by atoms with Crippen molar-refractivity contribution in [1.82, 2.24) is 34.6 Å². The minimum absolute atomic E-state index is 0.160. The summed E-state index contributed by atoms with van der Waals surface area (Å²) in [6.07, 6.45) is 6.13. The van der Waals surface area contributed by atoms with Gasteiger partial charge in [0.1, 0.15) is 11.6 Å². The number of benzene rings is 1. The van der Waals surface area contributed by atoms with E-state index in [4.69, 9.17) is 19.2 Å². The molecule has 5 aromatic rings. The maximum Gasteiger partial charge on any atom is 0.439 e. The largest absolute Gasteiger partial charge is 0.494 e. The highest BCUT2D eigenvalue weighted by atomic mass is 16.5. The summed E-state index contributed by atoms with van der Waals surface area (Å²) >= 11 is 0. The lowest BCUT2D eigenvalue weighted by Crippen LogP contribution is -2.27. The molecule has 0 saturated heterocycles. The van der Waals surface area contributed by atoms with Gasteiger partial charge < -0.3 is 4.74 Å². The summed E-state index contributed by atoms with van der Waals surface area (Å²) < 4.78 is 11.5. The highest BCUT2D eigenvalue weighted by Crippen LogP contribution is 2.28. The smallest absolute Gasteiger partial charge is 0.439 e. The molecule has 0 aliphatic rings. The molecule has 0 fully saturated rings. The molecule has 0 atom stereocenters. The van der Waals surface area contributed by atoms with Crippen LogP contribution in [0.2, 0.25) is 0 Å². The van der Waals surface area contributed by atoms with Crippen LogP contribution in [0.4, 0.5) is 0 Å². The molecule has 4 heterocycles. The van der Waals surface area contributed by atoms with Crippen LogP contribution in [-0.4, -0.2) is 41.8 Å². The first-order valence-corrected chi connectivity index (χ1v) is 12.6. The molecule has 0 unspecified atom stereocenters. The number of hydrogen-bond donors (Lipinski definition) is 1. The van der Waals surface area contributed by atoms with Gasteiger partial charge in [0, 0.05) is 22.9 Å². The molecule has 5 rings (SSSR count). The van der Waals surface area contributed by atoms with Gasteiger partial charge in [0.2, 0.25) is 0 Å². The number of aromatic nitrogens is 7. The van der Waals surface area contributed by atoms with E-state index in [1.165, 1.54) is 0 Å². The SMILES string of the molecule is CCCCc1cc(=O)n(Cc2cccc(-c3ccccc3-c3noc(=O)[nH]3)n2)c(Cc2ncc(OC)cn2)n1. The number of ether oxygens (including phenoxy) is 1. The normalized spacial score (nSPS) is 11.0. The van der Waals surface area contributed by atoms with E-state index in [-0.39, 0.29) is 18.5 Å². The van der Waals surface area contributed by atoms with E-state index in [9.17, 15) is 9.59 Å². The Morgan fingerprint density at radius 3 is 2.49 bits per heavy atom. The van der Waals surface area contributed by atoms with Crippen LogP contribution < -0.4 is 16.1 Å². The van der Waals surface area contributed by atoms with Gasteiger partial charge in [-0.25, -0.2) is 19.7 Å². The van der Waals surface area contributed by atoms with E-state index in [0.717, 1.165) is 30.5 Å². The van der Waals surface area contributed by atoms with Crippen molar-refractivity contribution in [3.63, 3.8) is 0 Å². The van der Waals surface area contributed by atoms with Crippen molar-refractivity contribution in [2.75, 3.05) is 7.11 Å². The summed E-state index contributed by atoms with van der Waals surface area (Å²) in [7, 11) is 1.55. The summed E-state index contributed by atoms with van der Waals surface area (Å²) in [5, 5.41) is 3.82. The molecule has 4 aromatic heterocycles. The van der Waals surface area contributed by atoms with Gasteiger partial charge in [-0.05, 0) is 25.0 Å². The van der Waals surface area contributed by atoms with Crippen LogP contribution in [0.3, 0.4) is 0 Å². The van der Waals surface area contributed by atoms with Crippen LogP contribution in [0.1, 0.15) is 42.8 Å². The van der Waals surface area contributed by atoms with Crippen LogP contribution in [-0.2, 0) is 19.4 Å². The average molecular weight is 526 g/mol. The monoisotopic (exact) mass is 525 g/mol. The lowest BCUT2D eigenvalue weighted by molar-refractivity contribution is 0.388. The van der Waals surface area contributed by atoms with Gasteiger partial charge >= 0.3 is 5.76 Å². The molecular formula is C28H27N7O4. The topological polar surface area (TPSA) is 142 Å². The van der Waals surface area contributed by atoms with E-state index < -0.39 is 5.76 Å². The molecule has 11 heteroatoms. The first-order valence-electron chi connectivity index (χ1n) is 12.6. The molecule has 0 aliphatic heterocycles. The Labute approximate surface area is 223 Å². The molecule has 39 heavy (non-hydrogen) atoms. The number of unbranched alkanes of at least 4 members (excludes halogenated alkanes) is 1. The standard InChI is InChI=1S/C28H27N7O4/c1-3-4-8-18-13-26(36)35(25(32-18)14-24-29-15-20(38-2)16-30-24)17-19-9-7-12-23(31-19)21-10-5-6-11-22(21)27-33-28(37)39-34-27/h5-7,9-13,15-16H,3-4,8,14,17H2,1-2H3,(H,33,34,37). The minimum atomic E-state index is -0.635. The van der Waals surface area contributed by atoms with Gasteiger partial charge in [-0.3, -0.25) is 23.9 Å². The van der Waals surface area contributed by atoms with Crippen molar-refractivity contribution in [3.05, 3.63) is 105 Å². The summed E-state index contributed by atoms with van der Waals surface area (Å²) in [6, 6.07) is 14.6. The third-order valence-electron chi connectivity index (χ3n) is 6.19. The molecular weight excluding hydrogens is 498 g/mol. The first-order chi connectivity index (χ1) is 19.0. The fourth-order valence-corrected chi connectivity index (χ4v) is 4.22. The zero-order chi connectivity index (χ0) is 27.2. The van der Waals surface area contributed by atoms with Crippen LogP contribution in [0, 0.1) is 0 Å². The first kappa shape index (κ1) is 25.7. The van der Waals surface area contributed by atoms with Crippen molar-refractivity contribution in [1.29, 1.82) is 0 Å². The summed E-state index contributed by atoms with van der Waals surface area (Å²) in [6.45, 7) is 2.31. The van der Waals surface area contributed by atoms with Gasteiger partial charge in [-0.15, -0.1) is 0 Å². The Bertz CT molecular complexity index is 1690. The molecule has 0 amide bonds. The van der Waals surface area contributed by atoms with Gasteiger partial charge in [0.25, 0.3) is 5.56 Å². The Balaban J connectivity index is 1.51. The van der Waals surface area contributed by atoms with Crippen molar-refractivity contribution >= 4 is 0 Å². The number of aryl methyl sites for hydroxylation is 1. The quantitative estimate of drug-likeness (QED) is 0.290. The molecule has 198 valence electrons. The maximum absolute atomic E-state index is 13.3. The summed E-state index contributed by atoms with van der Waals surface area (Å²) in [5.41, 5.74) is 3.34. The number of aromatic amines is 1. The number of hydrogen-bond acceptors (Lipinski definition) is 9. The van der Waals surface area contributed by atoms with Gasteiger partial charge in [-0.2, -0.15) is 0 Å². The number of nitrogens with one attached hydrogen (secondary N) is 1. The fraction of sp³-hybridized carbons (Fsp3) is 0.250. The number of pyridine rings is 1. The Morgan fingerprint density at radius 2 is 1.77 bits per heavy atom. The van der Waals surface area contributed by atoms with E-state index in [0.29, 0.717) is 40.2 Å². The Hall–Kier alpha value is -4.93. The fourth-order valence-electron chi connectivity index (χ4n) is 4.22. The second-order valence-electron chi connectivity index (χ2n) is 8.91. The third-order valence-corrected chi connectivity index (χ3v) is 6.19. The van der Waals surface area contributed by atoms with Crippen molar-refractivity contribution in [2.24, 2.45) is 0 Å². The molecule has 0 aliphatic carbocycles. The Morgan fingerprint density at radius 1 is 0.974 bits per heavy atom. The molecule has 0 saturated carbocycles. The molecule has 0 bridgehead atoms.